The van der Waals surface area contributed by atoms with Gasteiger partial charge in [-0.1, -0.05) is 118 Å². The van der Waals surface area contributed by atoms with Crippen molar-refractivity contribution in [2.75, 3.05) is 0 Å². The van der Waals surface area contributed by atoms with Crippen molar-refractivity contribution in [2.45, 2.75) is 118 Å². The van der Waals surface area contributed by atoms with Crippen LogP contribution in [0.2, 0.25) is 118 Å². The molecule has 0 aliphatic heterocycles. The predicted molar refractivity (Wildman–Crippen MR) is 157 cm³/mol. The molecule has 160 valence electrons. The van der Waals surface area contributed by atoms with Gasteiger partial charge in [0.15, 0.2) is 0 Å². The van der Waals surface area contributed by atoms with E-state index in [4.69, 9.17) is 0 Å². The van der Waals surface area contributed by atoms with Crippen molar-refractivity contribution in [2.24, 2.45) is 0 Å². The SMILES string of the molecule is C[Si](C)C.C[Si](C)C.C[Si](C)C.C[Si](C)C.C[Si](C)C.C[Si](C)C.[Ge].[Ge].[Sr]. The maximum atomic E-state index is 2.27. The molecule has 0 atom stereocenters. The molecule has 0 nitrogen and oxygen atoms in total. The molecule has 0 aliphatic rings. The van der Waals surface area contributed by atoms with Gasteiger partial charge in [-0.3, -0.25) is 0 Å². The molecule has 0 aromatic heterocycles. The number of hydrogen-bond donors (Lipinski definition) is 0. The molecule has 0 heterocycles. The molecule has 0 aromatic carbocycles. The average molecular weight is 672 g/mol. The number of hydrogen-bond acceptors (Lipinski definition) is 0. The molecule has 0 spiro atoms. The summed E-state index contributed by atoms with van der Waals surface area (Å²) in [6.45, 7) is 40.8. The zero-order chi connectivity index (χ0) is 21.5. The Morgan fingerprint density at radius 1 is 0.222 bits per heavy atom. The van der Waals surface area contributed by atoms with Crippen LogP contribution >= 0.6 is 0 Å². The Hall–Kier alpha value is 3.87. The van der Waals surface area contributed by atoms with Crippen molar-refractivity contribution < 1.29 is 0 Å². The van der Waals surface area contributed by atoms with Crippen molar-refractivity contribution in [3.05, 3.63) is 0 Å². The molecule has 0 aliphatic carbocycles. The van der Waals surface area contributed by atoms with Crippen LogP contribution < -0.4 is 0 Å². The third kappa shape index (κ3) is 1550. The van der Waals surface area contributed by atoms with Gasteiger partial charge in [0.25, 0.3) is 0 Å². The second-order valence-corrected chi connectivity index (χ2v) is 27.0. The Kier molecular flexibility index (Phi) is 111. The molecule has 0 N–H and O–H groups in total. The molecule has 9 heteroatoms. The van der Waals surface area contributed by atoms with Crippen LogP contribution in [0, 0.1) is 0 Å². The summed E-state index contributed by atoms with van der Waals surface area (Å²) in [5.74, 6) is 0. The van der Waals surface area contributed by atoms with Crippen LogP contribution in [0.5, 0.6) is 0 Å². The summed E-state index contributed by atoms with van der Waals surface area (Å²) in [4.78, 5) is 0. The Morgan fingerprint density at radius 3 is 0.222 bits per heavy atom. The van der Waals surface area contributed by atoms with Gasteiger partial charge in [0.1, 0.15) is 0 Å². The number of rotatable bonds is 0. The Labute approximate surface area is 247 Å². The Balaban J connectivity index is -0.0000000201. The molecule has 0 unspecified atom stereocenters. The molecular formula is C18H54Ge2Si6Sr. The fraction of sp³-hybridized carbons (Fsp3) is 1.00. The first kappa shape index (κ1) is 57.6. The molecule has 16 radical (unpaired) electrons. The van der Waals surface area contributed by atoms with Crippen molar-refractivity contribution >= 4 is 133 Å². The van der Waals surface area contributed by atoms with Crippen LogP contribution in [0.15, 0.2) is 0 Å². The third-order valence-corrected chi connectivity index (χ3v) is 0. The van der Waals surface area contributed by atoms with Crippen LogP contribution in [0.25, 0.3) is 0 Å². The molecular weight excluding hydrogens is 618 g/mol. The van der Waals surface area contributed by atoms with E-state index < -0.39 is 0 Å². The first-order valence-corrected chi connectivity index (χ1v) is 27.0. The zero-order valence-electron chi connectivity index (χ0n) is 22.7. The maximum Gasteiger partial charge on any atom is 0.0379 e. The van der Waals surface area contributed by atoms with Crippen molar-refractivity contribution in [3.8, 4) is 0 Å². The molecule has 0 amide bonds. The minimum Gasteiger partial charge on any atom is -0.0715 e. The van der Waals surface area contributed by atoms with E-state index in [9.17, 15) is 0 Å². The minimum atomic E-state index is 0. The van der Waals surface area contributed by atoms with E-state index in [0.29, 0.717) is 0 Å². The molecule has 0 saturated carbocycles. The van der Waals surface area contributed by atoms with Gasteiger partial charge in [0.2, 0.25) is 0 Å². The van der Waals surface area contributed by atoms with Gasteiger partial charge in [0, 0.05) is 133 Å². The van der Waals surface area contributed by atoms with Gasteiger partial charge in [-0.25, -0.2) is 0 Å². The van der Waals surface area contributed by atoms with E-state index in [1.54, 1.807) is 0 Å². The van der Waals surface area contributed by atoms with Gasteiger partial charge in [-0.05, 0) is 0 Å². The summed E-state index contributed by atoms with van der Waals surface area (Å²) in [6.07, 6.45) is 0. The topological polar surface area (TPSA) is 0 Å². The molecule has 0 rings (SSSR count). The van der Waals surface area contributed by atoms with E-state index in [1.165, 1.54) is 0 Å². The maximum absolute atomic E-state index is 2.27. The molecule has 0 fully saturated rings. The Bertz CT molecular complexity index is 111. The molecule has 27 heavy (non-hydrogen) atoms. The van der Waals surface area contributed by atoms with E-state index in [2.05, 4.69) is 118 Å². The van der Waals surface area contributed by atoms with E-state index >= 15 is 0 Å². The molecule has 0 bridgehead atoms. The summed E-state index contributed by atoms with van der Waals surface area (Å²) in [6, 6.07) is 0. The summed E-state index contributed by atoms with van der Waals surface area (Å²) < 4.78 is 0. The van der Waals surface area contributed by atoms with Gasteiger partial charge in [-0.2, -0.15) is 0 Å². The van der Waals surface area contributed by atoms with Crippen LogP contribution in [-0.2, 0) is 0 Å². The molecule has 0 saturated heterocycles. The van der Waals surface area contributed by atoms with Gasteiger partial charge >= 0.3 is 0 Å². The second kappa shape index (κ2) is 52.0. The van der Waals surface area contributed by atoms with Crippen LogP contribution in [-0.4, -0.2) is 133 Å². The van der Waals surface area contributed by atoms with Gasteiger partial charge in [0.05, 0.1) is 0 Å². The van der Waals surface area contributed by atoms with E-state index in [1.807, 2.05) is 0 Å². The normalized spacial score (nSPS) is 8.00. The van der Waals surface area contributed by atoms with Gasteiger partial charge in [-0.15, -0.1) is 0 Å². The summed E-state index contributed by atoms with van der Waals surface area (Å²) in [7, 11) is 0.722. The van der Waals surface area contributed by atoms with Crippen molar-refractivity contribution in [1.82, 2.24) is 0 Å². The first-order valence-electron chi connectivity index (χ1n) is 9.00. The monoisotopic (exact) mass is 674 g/mol. The second-order valence-electron chi connectivity index (χ2n) is 9.00. The summed E-state index contributed by atoms with van der Waals surface area (Å²) in [5.41, 5.74) is 0. The predicted octanol–water partition coefficient (Wildman–Crippen LogP) is 7.08. The quantitative estimate of drug-likeness (QED) is 0.242. The molecule has 0 aromatic rings. The van der Waals surface area contributed by atoms with Crippen LogP contribution in [0.1, 0.15) is 0 Å². The first-order chi connectivity index (χ1) is 10.4. The zero-order valence-corrected chi connectivity index (χ0v) is 36.4. The summed E-state index contributed by atoms with van der Waals surface area (Å²) >= 11 is 0. The Morgan fingerprint density at radius 2 is 0.222 bits per heavy atom. The third-order valence-electron chi connectivity index (χ3n) is 0. The average Bonchev–Trinajstić information content (AvgIpc) is 2.08. The van der Waals surface area contributed by atoms with Gasteiger partial charge < -0.3 is 0 Å². The standard InChI is InChI=1S/6C3H9Si.2Ge.Sr/c6*1-4(2)3;;;/h6*1-3H3;;;. The van der Waals surface area contributed by atoms with E-state index in [-0.39, 0.29) is 133 Å². The van der Waals surface area contributed by atoms with Crippen molar-refractivity contribution in [3.63, 3.8) is 0 Å². The smallest absolute Gasteiger partial charge is 0.0379 e. The summed E-state index contributed by atoms with van der Waals surface area (Å²) in [5, 5.41) is 0. The fourth-order valence-corrected chi connectivity index (χ4v) is 0. The van der Waals surface area contributed by atoms with Crippen molar-refractivity contribution in [1.29, 1.82) is 0 Å². The van der Waals surface area contributed by atoms with Crippen LogP contribution in [0.3, 0.4) is 0 Å². The largest absolute Gasteiger partial charge is 0.0715 e. The minimum absolute atomic E-state index is 0. The fourth-order valence-electron chi connectivity index (χ4n) is 0. The van der Waals surface area contributed by atoms with E-state index in [0.717, 1.165) is 0 Å². The van der Waals surface area contributed by atoms with Crippen LogP contribution in [0.4, 0.5) is 0 Å².